The SMILES string of the molecule is C.C.Cc1ccc(CO)c2c1[C@]13CCN(C)[C@H](C)[C@]1(O)CC=C(OC(=O)[C@H](Cc1cnc[nH]1)NC(=O)CCN)[C@@H]3O2. The van der Waals surface area contributed by atoms with E-state index in [1.54, 1.807) is 12.3 Å². The molecule has 1 aromatic carbocycles. The van der Waals surface area contributed by atoms with Gasteiger partial charge in [0.15, 0.2) is 6.10 Å². The predicted octanol–water partition coefficient (Wildman–Crippen LogP) is 1.84. The third kappa shape index (κ3) is 5.16. The molecule has 1 amide bonds. The quantitative estimate of drug-likeness (QED) is 0.298. The summed E-state index contributed by atoms with van der Waals surface area (Å²) in [5, 5.41) is 25.2. The van der Waals surface area contributed by atoms with Crippen molar-refractivity contribution in [2.75, 3.05) is 20.1 Å². The van der Waals surface area contributed by atoms with Crippen LogP contribution in [-0.4, -0.2) is 80.9 Å². The first-order valence-corrected chi connectivity index (χ1v) is 13.4. The molecule has 226 valence electrons. The van der Waals surface area contributed by atoms with Gasteiger partial charge in [0, 0.05) is 54.9 Å². The number of ether oxygens (including phenoxy) is 2. The zero-order valence-corrected chi connectivity index (χ0v) is 22.6. The predicted molar refractivity (Wildman–Crippen MR) is 155 cm³/mol. The van der Waals surface area contributed by atoms with Gasteiger partial charge in [-0.15, -0.1) is 0 Å². The molecule has 1 fully saturated rings. The molecule has 0 radical (unpaired) electrons. The Morgan fingerprint density at radius 3 is 2.78 bits per heavy atom. The number of likely N-dealkylation sites (tertiary alicyclic amines) is 1. The summed E-state index contributed by atoms with van der Waals surface area (Å²) in [6, 6.07) is 2.56. The standard InChI is InChI=1S/C28H37N5O6.2CH4/c1-16-4-5-18(14-34)24-23(16)27-9-11-33(3)17(2)28(27,37)8-6-21(25(27)39-24)38-26(36)20(32-22(35)7-10-29)12-19-13-30-15-31-19;;/h4-6,13,15,17,20,25,34,37H,7-12,14,29H2,1-3H3,(H,30,31)(H,32,35);2*1H4/t17-,20+,25+,27+,28-;;/m1../s1. The van der Waals surface area contributed by atoms with Crippen molar-refractivity contribution in [1.29, 1.82) is 0 Å². The first-order valence-electron chi connectivity index (χ1n) is 13.4. The summed E-state index contributed by atoms with van der Waals surface area (Å²) in [6.07, 6.45) is 5.06. The third-order valence-electron chi connectivity index (χ3n) is 8.79. The number of imidazole rings is 1. The molecule has 1 aromatic heterocycles. The number of aliphatic hydroxyl groups excluding tert-OH is 1. The Morgan fingerprint density at radius 2 is 2.12 bits per heavy atom. The molecule has 3 heterocycles. The largest absolute Gasteiger partial charge is 0.481 e. The molecule has 3 aliphatic rings. The number of aryl methyl sites for hydroxylation is 1. The fraction of sp³-hybridized carbons (Fsp3) is 0.567. The summed E-state index contributed by atoms with van der Waals surface area (Å²) < 4.78 is 12.6. The monoisotopic (exact) mass is 571 g/mol. The van der Waals surface area contributed by atoms with E-state index in [0.29, 0.717) is 35.7 Å². The highest BCUT2D eigenvalue weighted by Gasteiger charge is 2.69. The molecule has 11 heteroatoms. The number of esters is 1. The number of nitrogens with zero attached hydrogens (tertiary/aromatic N) is 2. The van der Waals surface area contributed by atoms with Crippen LogP contribution in [0.5, 0.6) is 5.75 Å². The van der Waals surface area contributed by atoms with Crippen LogP contribution >= 0.6 is 0 Å². The summed E-state index contributed by atoms with van der Waals surface area (Å²) in [7, 11) is 1.99. The van der Waals surface area contributed by atoms with E-state index in [1.807, 2.05) is 33.0 Å². The lowest BCUT2D eigenvalue weighted by Crippen LogP contribution is -2.71. The van der Waals surface area contributed by atoms with Crippen LogP contribution in [0.15, 0.2) is 36.5 Å². The van der Waals surface area contributed by atoms with Crippen molar-refractivity contribution in [3.8, 4) is 5.75 Å². The lowest BCUT2D eigenvalue weighted by atomic mass is 9.54. The minimum atomic E-state index is -1.21. The van der Waals surface area contributed by atoms with E-state index in [0.717, 1.165) is 11.1 Å². The van der Waals surface area contributed by atoms with Crippen LogP contribution in [0.1, 0.15) is 63.4 Å². The summed E-state index contributed by atoms with van der Waals surface area (Å²) in [5.74, 6) is -0.184. The van der Waals surface area contributed by atoms with Gasteiger partial charge >= 0.3 is 5.97 Å². The van der Waals surface area contributed by atoms with Gasteiger partial charge < -0.3 is 40.6 Å². The highest BCUT2D eigenvalue weighted by Crippen LogP contribution is 2.61. The van der Waals surface area contributed by atoms with E-state index in [-0.39, 0.29) is 59.2 Å². The van der Waals surface area contributed by atoms with Crippen molar-refractivity contribution in [2.45, 2.75) is 90.2 Å². The van der Waals surface area contributed by atoms with Gasteiger partial charge in [0.1, 0.15) is 17.6 Å². The average molecular weight is 572 g/mol. The van der Waals surface area contributed by atoms with Crippen molar-refractivity contribution in [2.24, 2.45) is 5.73 Å². The lowest BCUT2D eigenvalue weighted by Gasteiger charge is -2.58. The Morgan fingerprint density at radius 1 is 1.37 bits per heavy atom. The summed E-state index contributed by atoms with van der Waals surface area (Å²) >= 11 is 0. The molecule has 5 atom stereocenters. The molecular weight excluding hydrogens is 526 g/mol. The number of nitrogens with one attached hydrogen (secondary N) is 2. The number of likely N-dealkylation sites (N-methyl/N-ethyl adjacent to an activating group) is 1. The van der Waals surface area contributed by atoms with Crippen LogP contribution in [0.4, 0.5) is 0 Å². The molecule has 0 unspecified atom stereocenters. The smallest absolute Gasteiger partial charge is 0.334 e. The van der Waals surface area contributed by atoms with E-state index in [9.17, 15) is 19.8 Å². The number of hydrogen-bond donors (Lipinski definition) is 5. The third-order valence-corrected chi connectivity index (χ3v) is 8.79. The maximum Gasteiger partial charge on any atom is 0.334 e. The Labute approximate surface area is 242 Å². The number of amides is 1. The molecule has 2 aliphatic heterocycles. The fourth-order valence-corrected chi connectivity index (χ4v) is 6.59. The Kier molecular flexibility index (Phi) is 9.69. The molecule has 0 saturated carbocycles. The van der Waals surface area contributed by atoms with E-state index >= 15 is 0 Å². The van der Waals surface area contributed by atoms with Crippen LogP contribution < -0.4 is 15.8 Å². The van der Waals surface area contributed by atoms with E-state index < -0.39 is 29.1 Å². The molecule has 1 spiro atoms. The number of rotatable bonds is 8. The molecule has 41 heavy (non-hydrogen) atoms. The van der Waals surface area contributed by atoms with Crippen molar-refractivity contribution < 1.29 is 29.3 Å². The van der Waals surface area contributed by atoms with Crippen molar-refractivity contribution in [3.05, 3.63) is 58.9 Å². The maximum atomic E-state index is 13.6. The topological polar surface area (TPSA) is 163 Å². The second-order valence-corrected chi connectivity index (χ2v) is 10.9. The summed E-state index contributed by atoms with van der Waals surface area (Å²) in [5.41, 5.74) is 6.50. The van der Waals surface area contributed by atoms with Crippen LogP contribution in [0.3, 0.4) is 0 Å². The van der Waals surface area contributed by atoms with Gasteiger partial charge in [0.05, 0.1) is 24.0 Å². The highest BCUT2D eigenvalue weighted by atomic mass is 16.6. The average Bonchev–Trinajstić information content (AvgIpc) is 3.55. The fourth-order valence-electron chi connectivity index (χ4n) is 6.59. The number of benzene rings is 1. The number of carbonyl (C=O) groups is 2. The second-order valence-electron chi connectivity index (χ2n) is 10.9. The summed E-state index contributed by atoms with van der Waals surface area (Å²) in [6.45, 7) is 4.60. The van der Waals surface area contributed by atoms with Crippen molar-refractivity contribution in [1.82, 2.24) is 20.2 Å². The molecule has 11 nitrogen and oxygen atoms in total. The van der Waals surface area contributed by atoms with Gasteiger partial charge in [-0.3, -0.25) is 4.79 Å². The minimum Gasteiger partial charge on any atom is -0.481 e. The number of fused-ring (bicyclic) bond motifs is 1. The molecule has 2 aromatic rings. The highest BCUT2D eigenvalue weighted by molar-refractivity contribution is 5.85. The molecule has 1 aliphatic carbocycles. The molecule has 6 N–H and O–H groups in total. The van der Waals surface area contributed by atoms with Gasteiger partial charge in [-0.1, -0.05) is 27.0 Å². The van der Waals surface area contributed by atoms with Crippen LogP contribution in [0, 0.1) is 6.92 Å². The van der Waals surface area contributed by atoms with Gasteiger partial charge in [-0.25, -0.2) is 9.78 Å². The first kappa shape index (κ1) is 32.3. The Bertz CT molecular complexity index is 1280. The molecular formula is C30H45N5O6. The molecule has 5 rings (SSSR count). The van der Waals surface area contributed by atoms with E-state index in [1.165, 1.54) is 6.33 Å². The Hall–Kier alpha value is -3.25. The normalized spacial score (nSPS) is 27.0. The zero-order valence-electron chi connectivity index (χ0n) is 22.6. The van der Waals surface area contributed by atoms with Gasteiger partial charge in [0.2, 0.25) is 5.91 Å². The summed E-state index contributed by atoms with van der Waals surface area (Å²) in [4.78, 5) is 35.0. The number of hydrogen-bond acceptors (Lipinski definition) is 9. The van der Waals surface area contributed by atoms with Gasteiger partial charge in [-0.2, -0.15) is 0 Å². The molecule has 1 saturated heterocycles. The van der Waals surface area contributed by atoms with Crippen LogP contribution in [0.25, 0.3) is 0 Å². The number of aromatic nitrogens is 2. The number of aliphatic hydroxyl groups is 2. The number of carbonyl (C=O) groups excluding carboxylic acids is 2. The molecule has 0 bridgehead atoms. The van der Waals surface area contributed by atoms with Crippen molar-refractivity contribution in [3.63, 3.8) is 0 Å². The number of nitrogens with two attached hydrogens (primary N) is 1. The number of aromatic amines is 1. The van der Waals surface area contributed by atoms with Gasteiger partial charge in [0.25, 0.3) is 0 Å². The number of H-pyrrole nitrogens is 1. The van der Waals surface area contributed by atoms with Gasteiger partial charge in [-0.05, 0) is 45.5 Å². The number of piperidine rings is 1. The van der Waals surface area contributed by atoms with Crippen molar-refractivity contribution >= 4 is 11.9 Å². The first-order chi connectivity index (χ1) is 18.7. The Balaban J connectivity index is 0.00000231. The minimum absolute atomic E-state index is 0. The van der Waals surface area contributed by atoms with Crippen LogP contribution in [0.2, 0.25) is 0 Å². The second kappa shape index (κ2) is 12.3. The maximum absolute atomic E-state index is 13.6. The van der Waals surface area contributed by atoms with E-state index in [4.69, 9.17) is 15.2 Å². The van der Waals surface area contributed by atoms with Crippen LogP contribution in [-0.2, 0) is 32.8 Å². The zero-order chi connectivity index (χ0) is 27.9. The van der Waals surface area contributed by atoms with E-state index in [2.05, 4.69) is 20.2 Å². The lowest BCUT2D eigenvalue weighted by molar-refractivity contribution is -0.163.